The van der Waals surface area contributed by atoms with E-state index in [0.717, 1.165) is 43.1 Å². The van der Waals surface area contributed by atoms with Gasteiger partial charge in [0, 0.05) is 19.7 Å². The first-order valence-corrected chi connectivity index (χ1v) is 14.9. The summed E-state index contributed by atoms with van der Waals surface area (Å²) in [5.74, 6) is 0.804. The maximum absolute atomic E-state index is 15.2. The normalized spacial score (nSPS) is 17.8. The molecule has 4 aromatic rings. The first-order valence-electron chi connectivity index (χ1n) is 13.0. The molecule has 7 nitrogen and oxygen atoms in total. The van der Waals surface area contributed by atoms with E-state index in [0.29, 0.717) is 40.7 Å². The van der Waals surface area contributed by atoms with Crippen LogP contribution in [0.25, 0.3) is 33.5 Å². The van der Waals surface area contributed by atoms with Crippen molar-refractivity contribution in [3.8, 4) is 22.5 Å². The molecule has 204 valence electrons. The van der Waals surface area contributed by atoms with Crippen LogP contribution in [0.15, 0.2) is 65.6 Å². The van der Waals surface area contributed by atoms with E-state index in [1.54, 1.807) is 19.2 Å². The molecule has 1 aliphatic rings. The molecule has 0 saturated heterocycles. The zero-order valence-corrected chi connectivity index (χ0v) is 23.1. The lowest BCUT2D eigenvalue weighted by molar-refractivity contribution is -0.169. The van der Waals surface area contributed by atoms with E-state index in [4.69, 9.17) is 4.84 Å². The predicted molar refractivity (Wildman–Crippen MR) is 149 cm³/mol. The van der Waals surface area contributed by atoms with Gasteiger partial charge in [-0.1, -0.05) is 30.3 Å². The van der Waals surface area contributed by atoms with Crippen molar-refractivity contribution in [2.24, 2.45) is 5.92 Å². The van der Waals surface area contributed by atoms with Gasteiger partial charge in [0.05, 0.1) is 28.6 Å². The van der Waals surface area contributed by atoms with Crippen molar-refractivity contribution in [3.63, 3.8) is 0 Å². The minimum absolute atomic E-state index is 0.0185. The number of carbonyl (C=O) groups excluding carboxylic acids is 1. The maximum atomic E-state index is 15.2. The van der Waals surface area contributed by atoms with Crippen molar-refractivity contribution in [1.82, 2.24) is 15.0 Å². The minimum Gasteiger partial charge on any atom is -0.338 e. The number of rotatable bonds is 7. The van der Waals surface area contributed by atoms with Crippen LogP contribution in [0.5, 0.6) is 0 Å². The van der Waals surface area contributed by atoms with Gasteiger partial charge in [-0.15, -0.1) is 0 Å². The number of imidazole rings is 1. The number of halogens is 1. The average molecular weight is 550 g/mol. The first-order chi connectivity index (χ1) is 18.6. The van der Waals surface area contributed by atoms with Crippen LogP contribution in [0.4, 0.5) is 4.39 Å². The van der Waals surface area contributed by atoms with Crippen molar-refractivity contribution in [2.75, 3.05) is 20.4 Å². The third-order valence-electron chi connectivity index (χ3n) is 7.76. The number of carbonyl (C=O) groups is 1. The van der Waals surface area contributed by atoms with Crippen LogP contribution >= 0.6 is 0 Å². The van der Waals surface area contributed by atoms with Gasteiger partial charge in [0.1, 0.15) is 11.6 Å². The molecule has 1 N–H and O–H groups in total. The topological polar surface area (TPSA) is 92.4 Å². The molecule has 5 rings (SSSR count). The van der Waals surface area contributed by atoms with Crippen LogP contribution < -0.4 is 0 Å². The third kappa shape index (κ3) is 5.89. The van der Waals surface area contributed by atoms with Gasteiger partial charge >= 0.3 is 0 Å². The number of benzene rings is 3. The Labute approximate surface area is 227 Å². The highest BCUT2D eigenvalue weighted by molar-refractivity contribution is 7.90. The molecule has 1 saturated carbocycles. The van der Waals surface area contributed by atoms with E-state index in [-0.39, 0.29) is 10.8 Å². The molecule has 1 fully saturated rings. The van der Waals surface area contributed by atoms with Crippen molar-refractivity contribution < 1.29 is 22.4 Å². The highest BCUT2D eigenvalue weighted by Crippen LogP contribution is 2.38. The van der Waals surface area contributed by atoms with Gasteiger partial charge in [0.2, 0.25) is 5.91 Å². The number of fused-ring (bicyclic) bond motifs is 1. The van der Waals surface area contributed by atoms with Crippen LogP contribution in [0.1, 0.15) is 43.6 Å². The Morgan fingerprint density at radius 3 is 2.36 bits per heavy atom. The molecule has 1 amide bonds. The fraction of sp³-hybridized carbons (Fsp3) is 0.333. The van der Waals surface area contributed by atoms with Gasteiger partial charge in [-0.05, 0) is 84.5 Å². The smallest absolute Gasteiger partial charge is 0.246 e. The number of aromatic nitrogens is 2. The Morgan fingerprint density at radius 2 is 1.72 bits per heavy atom. The number of nitrogens with zero attached hydrogens (tertiary/aromatic N) is 2. The molecule has 0 bridgehead atoms. The Bertz CT molecular complexity index is 1610. The Kier molecular flexibility index (Phi) is 7.55. The molecule has 0 spiro atoms. The summed E-state index contributed by atoms with van der Waals surface area (Å²) in [6.45, 7) is 0. The third-order valence-corrected chi connectivity index (χ3v) is 8.87. The second-order valence-corrected chi connectivity index (χ2v) is 12.4. The summed E-state index contributed by atoms with van der Waals surface area (Å²) in [4.78, 5) is 24.8. The Morgan fingerprint density at radius 1 is 1.03 bits per heavy atom. The summed E-state index contributed by atoms with van der Waals surface area (Å²) in [6, 6.07) is 18.0. The van der Waals surface area contributed by atoms with Crippen molar-refractivity contribution in [2.45, 2.75) is 42.9 Å². The quantitative estimate of drug-likeness (QED) is 0.280. The molecule has 3 aromatic carbocycles. The van der Waals surface area contributed by atoms with E-state index in [1.165, 1.54) is 35.9 Å². The highest BCUT2D eigenvalue weighted by Gasteiger charge is 2.25. The lowest BCUT2D eigenvalue weighted by Gasteiger charge is -2.29. The monoisotopic (exact) mass is 549 g/mol. The molecule has 0 unspecified atom stereocenters. The molecular formula is C30H32FN3O4S. The number of hydrogen-bond acceptors (Lipinski definition) is 5. The molecule has 1 aromatic heterocycles. The predicted octanol–water partition coefficient (Wildman–Crippen LogP) is 6.12. The summed E-state index contributed by atoms with van der Waals surface area (Å²) >= 11 is 0. The number of aromatic amines is 1. The molecule has 0 radical (unpaired) electrons. The van der Waals surface area contributed by atoms with Gasteiger partial charge in [-0.2, -0.15) is 0 Å². The van der Waals surface area contributed by atoms with Crippen LogP contribution in [0, 0.1) is 11.7 Å². The van der Waals surface area contributed by atoms with Gasteiger partial charge < -0.3 is 4.98 Å². The second-order valence-electron chi connectivity index (χ2n) is 10.3. The standard InChI is InChI=1S/C30H32FN3O4S/c1-34(38-2)29(35)16-19-4-6-20(7-5-19)21-8-10-22(11-9-21)23-12-14-25(26(31)17-23)30-32-27-15-13-24(39(3,36)37)18-28(27)33-30/h8-15,17-20H,4-7,16H2,1-3H3,(H,32,33). The fourth-order valence-corrected chi connectivity index (χ4v) is 6.01. The number of nitrogens with one attached hydrogen (secondary N) is 1. The summed E-state index contributed by atoms with van der Waals surface area (Å²) in [5, 5.41) is 1.30. The van der Waals surface area contributed by atoms with E-state index < -0.39 is 15.7 Å². The van der Waals surface area contributed by atoms with E-state index in [1.807, 2.05) is 18.2 Å². The highest BCUT2D eigenvalue weighted by atomic mass is 32.2. The molecule has 0 aliphatic heterocycles. The van der Waals surface area contributed by atoms with Crippen LogP contribution in [-0.2, 0) is 19.5 Å². The number of sulfone groups is 1. The van der Waals surface area contributed by atoms with Gasteiger partial charge in [-0.3, -0.25) is 9.63 Å². The zero-order chi connectivity index (χ0) is 27.7. The summed E-state index contributed by atoms with van der Waals surface area (Å²) in [6.07, 6.45) is 5.78. The second kappa shape index (κ2) is 10.9. The molecular weight excluding hydrogens is 517 g/mol. The minimum atomic E-state index is -3.36. The molecule has 1 aliphatic carbocycles. The average Bonchev–Trinajstić information content (AvgIpc) is 3.36. The largest absolute Gasteiger partial charge is 0.338 e. The number of hydrogen-bond donors (Lipinski definition) is 1. The number of amides is 1. The molecule has 39 heavy (non-hydrogen) atoms. The van der Waals surface area contributed by atoms with E-state index in [2.05, 4.69) is 22.1 Å². The van der Waals surface area contributed by atoms with Gasteiger partial charge in [0.15, 0.2) is 9.84 Å². The first kappa shape index (κ1) is 27.0. The van der Waals surface area contributed by atoms with Crippen molar-refractivity contribution in [3.05, 3.63) is 72.0 Å². The summed E-state index contributed by atoms with van der Waals surface area (Å²) < 4.78 is 38.9. The lowest BCUT2D eigenvalue weighted by Crippen LogP contribution is -2.28. The maximum Gasteiger partial charge on any atom is 0.246 e. The van der Waals surface area contributed by atoms with Crippen LogP contribution in [0.3, 0.4) is 0 Å². The Balaban J connectivity index is 1.27. The van der Waals surface area contributed by atoms with Crippen LogP contribution in [-0.4, -0.2) is 49.8 Å². The molecule has 0 atom stereocenters. The van der Waals surface area contributed by atoms with E-state index in [9.17, 15) is 13.2 Å². The number of H-pyrrole nitrogens is 1. The number of hydroxylamine groups is 2. The Hall–Kier alpha value is -3.56. The van der Waals surface area contributed by atoms with Gasteiger partial charge in [0.25, 0.3) is 0 Å². The fourth-order valence-electron chi connectivity index (χ4n) is 5.36. The molecule has 9 heteroatoms. The zero-order valence-electron chi connectivity index (χ0n) is 22.3. The van der Waals surface area contributed by atoms with Crippen molar-refractivity contribution >= 4 is 26.8 Å². The molecule has 1 heterocycles. The summed E-state index contributed by atoms with van der Waals surface area (Å²) in [7, 11) is -0.210. The van der Waals surface area contributed by atoms with E-state index >= 15 is 4.39 Å². The van der Waals surface area contributed by atoms with Crippen molar-refractivity contribution in [1.29, 1.82) is 0 Å². The van der Waals surface area contributed by atoms with Gasteiger partial charge in [-0.25, -0.2) is 22.9 Å². The van der Waals surface area contributed by atoms with Crippen LogP contribution in [0.2, 0.25) is 0 Å². The summed E-state index contributed by atoms with van der Waals surface area (Å²) in [5.41, 5.74) is 4.38. The lowest BCUT2D eigenvalue weighted by atomic mass is 9.77. The SMILES string of the molecule is CON(C)C(=O)CC1CCC(c2ccc(-c3ccc(-c4nc5ccc(S(C)(=O)=O)cc5[nH]4)c(F)c3)cc2)CC1.